The number of halogens is 1. The van der Waals surface area contributed by atoms with Gasteiger partial charge in [-0.1, -0.05) is 12.1 Å². The molecule has 1 N–H and O–H groups in total. The van der Waals surface area contributed by atoms with Crippen molar-refractivity contribution >= 4 is 22.6 Å². The molecule has 0 radical (unpaired) electrons. The lowest BCUT2D eigenvalue weighted by Crippen LogP contribution is -2.20. The molecule has 2 aromatic heterocycles. The molecule has 21 heavy (non-hydrogen) atoms. The Morgan fingerprint density at radius 3 is 2.76 bits per heavy atom. The molecule has 2 heterocycles. The van der Waals surface area contributed by atoms with E-state index in [9.17, 15) is 0 Å². The molecule has 4 nitrogen and oxygen atoms in total. The maximum Gasteiger partial charge on any atom is 0.193 e. The van der Waals surface area contributed by atoms with Crippen molar-refractivity contribution in [3.63, 3.8) is 0 Å². The minimum absolute atomic E-state index is 0.0552. The van der Waals surface area contributed by atoms with Gasteiger partial charge in [0.05, 0.1) is 17.1 Å². The number of hydrogen-bond acceptors (Lipinski definition) is 3. The predicted octanol–water partition coefficient (Wildman–Crippen LogP) is 3.81. The number of benzene rings is 1. The number of hydrogen-bond donors (Lipinski definition) is 1. The molecular formula is C16H18ClN3O. The zero-order valence-electron chi connectivity index (χ0n) is 12.1. The van der Waals surface area contributed by atoms with Gasteiger partial charge in [0.15, 0.2) is 5.22 Å². The van der Waals surface area contributed by atoms with Crippen molar-refractivity contribution in [2.45, 2.75) is 25.9 Å². The second kappa shape index (κ2) is 5.92. The third-order valence-electron chi connectivity index (χ3n) is 3.72. The maximum absolute atomic E-state index is 5.87. The van der Waals surface area contributed by atoms with Crippen molar-refractivity contribution in [1.82, 2.24) is 14.9 Å². The Labute approximate surface area is 128 Å². The van der Waals surface area contributed by atoms with E-state index in [4.69, 9.17) is 21.0 Å². The van der Waals surface area contributed by atoms with E-state index in [-0.39, 0.29) is 6.04 Å². The fraction of sp³-hybridized carbons (Fsp3) is 0.312. The van der Waals surface area contributed by atoms with Gasteiger partial charge < -0.3 is 14.3 Å². The van der Waals surface area contributed by atoms with E-state index in [1.807, 2.05) is 31.3 Å². The molecule has 0 saturated carbocycles. The first-order chi connectivity index (χ1) is 10.2. The minimum atomic E-state index is 0.0552. The summed E-state index contributed by atoms with van der Waals surface area (Å²) in [6.45, 7) is 3.03. The van der Waals surface area contributed by atoms with Gasteiger partial charge >= 0.3 is 0 Å². The molecule has 0 aliphatic heterocycles. The molecular weight excluding hydrogens is 286 g/mol. The number of furan rings is 1. The van der Waals surface area contributed by atoms with Crippen LogP contribution in [-0.4, -0.2) is 16.6 Å². The van der Waals surface area contributed by atoms with Crippen LogP contribution < -0.4 is 5.32 Å². The largest absolute Gasteiger partial charge is 0.448 e. The summed E-state index contributed by atoms with van der Waals surface area (Å²) in [6, 6.07) is 11.9. The van der Waals surface area contributed by atoms with Crippen molar-refractivity contribution in [1.29, 1.82) is 0 Å². The highest BCUT2D eigenvalue weighted by molar-refractivity contribution is 6.28. The third-order valence-corrected chi connectivity index (χ3v) is 3.93. The van der Waals surface area contributed by atoms with Crippen LogP contribution in [0.5, 0.6) is 0 Å². The van der Waals surface area contributed by atoms with E-state index in [2.05, 4.69) is 22.9 Å². The molecule has 110 valence electrons. The summed E-state index contributed by atoms with van der Waals surface area (Å²) in [4.78, 5) is 4.75. The summed E-state index contributed by atoms with van der Waals surface area (Å²) in [5, 5.41) is 3.68. The molecule has 5 heteroatoms. The Morgan fingerprint density at radius 2 is 2.10 bits per heavy atom. The summed E-state index contributed by atoms with van der Waals surface area (Å²) < 4.78 is 7.76. The van der Waals surface area contributed by atoms with Crippen molar-refractivity contribution in [2.75, 3.05) is 7.05 Å². The molecule has 0 saturated heterocycles. The zero-order valence-corrected chi connectivity index (χ0v) is 12.9. The van der Waals surface area contributed by atoms with Crippen LogP contribution in [0.3, 0.4) is 0 Å². The molecule has 1 atom stereocenters. The number of likely N-dealkylation sites (N-methyl/N-ethyl adjacent to an activating group) is 1. The minimum Gasteiger partial charge on any atom is -0.448 e. The van der Waals surface area contributed by atoms with Crippen molar-refractivity contribution in [3.8, 4) is 0 Å². The van der Waals surface area contributed by atoms with Gasteiger partial charge in [0.2, 0.25) is 0 Å². The van der Waals surface area contributed by atoms with Crippen LogP contribution in [0.25, 0.3) is 11.0 Å². The number of nitrogens with zero attached hydrogens (tertiary/aromatic N) is 2. The monoisotopic (exact) mass is 303 g/mol. The molecule has 3 aromatic rings. The Morgan fingerprint density at radius 1 is 1.29 bits per heavy atom. The van der Waals surface area contributed by atoms with Gasteiger partial charge in [-0.2, -0.15) is 0 Å². The lowest BCUT2D eigenvalue weighted by molar-refractivity contribution is 0.422. The Balaban J connectivity index is 1.96. The first kappa shape index (κ1) is 14.2. The fourth-order valence-corrected chi connectivity index (χ4v) is 2.83. The number of aromatic nitrogens is 2. The van der Waals surface area contributed by atoms with Gasteiger partial charge in [-0.3, -0.25) is 0 Å². The lowest BCUT2D eigenvalue weighted by atomic mass is 10.1. The number of rotatable bonds is 5. The van der Waals surface area contributed by atoms with Crippen molar-refractivity contribution in [2.24, 2.45) is 0 Å². The highest BCUT2D eigenvalue weighted by Crippen LogP contribution is 2.24. The Bertz CT molecular complexity index is 747. The van der Waals surface area contributed by atoms with Crippen LogP contribution in [0.15, 0.2) is 40.8 Å². The smallest absolute Gasteiger partial charge is 0.193 e. The van der Waals surface area contributed by atoms with Crippen LogP contribution in [0.2, 0.25) is 5.22 Å². The van der Waals surface area contributed by atoms with Gasteiger partial charge in [0.1, 0.15) is 11.6 Å². The van der Waals surface area contributed by atoms with Crippen LogP contribution in [0, 0.1) is 0 Å². The number of fused-ring (bicyclic) bond motifs is 1. The van der Waals surface area contributed by atoms with Gasteiger partial charge in [-0.15, -0.1) is 0 Å². The molecule has 0 spiro atoms. The SMILES string of the molecule is CCn1c(CC(NC)c2ccc(Cl)o2)nc2ccccc21. The number of imidazole rings is 1. The number of aryl methyl sites for hydroxylation is 1. The zero-order chi connectivity index (χ0) is 14.8. The normalized spacial score (nSPS) is 12.9. The Kier molecular flexibility index (Phi) is 3.99. The first-order valence-corrected chi connectivity index (χ1v) is 7.47. The fourth-order valence-electron chi connectivity index (χ4n) is 2.68. The highest BCUT2D eigenvalue weighted by Gasteiger charge is 2.18. The summed E-state index contributed by atoms with van der Waals surface area (Å²) in [6.07, 6.45) is 0.753. The quantitative estimate of drug-likeness (QED) is 0.779. The average Bonchev–Trinajstić information content (AvgIpc) is 3.07. The number of para-hydroxylation sites is 2. The van der Waals surface area contributed by atoms with Gasteiger partial charge in [-0.05, 0) is 49.8 Å². The predicted molar refractivity (Wildman–Crippen MR) is 84.6 cm³/mol. The van der Waals surface area contributed by atoms with Crippen LogP contribution in [0.1, 0.15) is 24.6 Å². The molecule has 0 fully saturated rings. The lowest BCUT2D eigenvalue weighted by Gasteiger charge is -2.14. The molecule has 1 unspecified atom stereocenters. The van der Waals surface area contributed by atoms with Crippen LogP contribution >= 0.6 is 11.6 Å². The second-order valence-electron chi connectivity index (χ2n) is 4.95. The van der Waals surface area contributed by atoms with E-state index >= 15 is 0 Å². The van der Waals surface area contributed by atoms with Crippen molar-refractivity contribution in [3.05, 3.63) is 53.2 Å². The molecule has 0 aliphatic carbocycles. The summed E-state index contributed by atoms with van der Waals surface area (Å²) in [5.41, 5.74) is 2.20. The molecule has 0 aliphatic rings. The van der Waals surface area contributed by atoms with Crippen LogP contribution in [0.4, 0.5) is 0 Å². The van der Waals surface area contributed by atoms with Gasteiger partial charge in [0.25, 0.3) is 0 Å². The van der Waals surface area contributed by atoms with Crippen LogP contribution in [-0.2, 0) is 13.0 Å². The van der Waals surface area contributed by atoms with Gasteiger partial charge in [0, 0.05) is 13.0 Å². The van der Waals surface area contributed by atoms with Gasteiger partial charge in [-0.25, -0.2) is 4.98 Å². The number of nitrogens with one attached hydrogen (secondary N) is 1. The van der Waals surface area contributed by atoms with E-state index in [0.717, 1.165) is 30.1 Å². The molecule has 0 bridgehead atoms. The van der Waals surface area contributed by atoms with E-state index in [1.165, 1.54) is 5.52 Å². The Hall–Kier alpha value is -1.78. The van der Waals surface area contributed by atoms with E-state index < -0.39 is 0 Å². The van der Waals surface area contributed by atoms with Crippen molar-refractivity contribution < 1.29 is 4.42 Å². The summed E-state index contributed by atoms with van der Waals surface area (Å²) in [5.74, 6) is 1.88. The second-order valence-corrected chi connectivity index (χ2v) is 5.32. The van der Waals surface area contributed by atoms with E-state index in [0.29, 0.717) is 5.22 Å². The standard InChI is InChI=1S/C16H18ClN3O/c1-3-20-13-7-5-4-6-11(13)19-16(20)10-12(18-2)14-8-9-15(17)21-14/h4-9,12,18H,3,10H2,1-2H3. The molecule has 3 rings (SSSR count). The first-order valence-electron chi connectivity index (χ1n) is 7.09. The average molecular weight is 304 g/mol. The highest BCUT2D eigenvalue weighted by atomic mass is 35.5. The van der Waals surface area contributed by atoms with E-state index in [1.54, 1.807) is 6.07 Å². The summed E-state index contributed by atoms with van der Waals surface area (Å²) >= 11 is 5.87. The maximum atomic E-state index is 5.87. The summed E-state index contributed by atoms with van der Waals surface area (Å²) in [7, 11) is 1.92. The third kappa shape index (κ3) is 2.69. The molecule has 0 amide bonds. The topological polar surface area (TPSA) is 43.0 Å². The molecule has 1 aromatic carbocycles.